The summed E-state index contributed by atoms with van der Waals surface area (Å²) in [6.07, 6.45) is 6.11. The van der Waals surface area contributed by atoms with Gasteiger partial charge in [0, 0.05) is 18.1 Å². The second kappa shape index (κ2) is 11.3. The van der Waals surface area contributed by atoms with Crippen molar-refractivity contribution in [1.82, 2.24) is 15.4 Å². The number of nitrogens with zero attached hydrogens (tertiary/aromatic N) is 1. The molecule has 3 N–H and O–H groups in total. The van der Waals surface area contributed by atoms with Gasteiger partial charge in [-0.2, -0.15) is 0 Å². The van der Waals surface area contributed by atoms with Crippen LogP contribution in [0.25, 0.3) is 0 Å². The first kappa shape index (κ1) is 25.2. The van der Waals surface area contributed by atoms with Gasteiger partial charge in [-0.05, 0) is 52.2 Å². The number of sulfonamides is 1. The van der Waals surface area contributed by atoms with E-state index < -0.39 is 15.6 Å². The molecule has 8 heteroatoms. The van der Waals surface area contributed by atoms with Gasteiger partial charge in [0.25, 0.3) is 0 Å². The van der Waals surface area contributed by atoms with E-state index in [-0.39, 0.29) is 28.9 Å². The van der Waals surface area contributed by atoms with Gasteiger partial charge in [0.1, 0.15) is 0 Å². The predicted molar refractivity (Wildman–Crippen MR) is 127 cm³/mol. The van der Waals surface area contributed by atoms with E-state index in [1.54, 1.807) is 12.1 Å². The number of benzene rings is 1. The second-order valence-corrected chi connectivity index (χ2v) is 9.79. The third-order valence-corrected chi connectivity index (χ3v) is 6.26. The van der Waals surface area contributed by atoms with Crippen LogP contribution in [-0.4, -0.2) is 32.5 Å². The van der Waals surface area contributed by atoms with Crippen LogP contribution in [0.15, 0.2) is 34.2 Å². The summed E-state index contributed by atoms with van der Waals surface area (Å²) in [5, 5.41) is 6.77. The smallest absolute Gasteiger partial charge is 0.241 e. The SMILES string of the molecule is CCNC(=NCc1ccccc1S(=O)(=O)NC(C)(C)C)NC1CCCCC1.I. The molecule has 1 fully saturated rings. The largest absolute Gasteiger partial charge is 0.357 e. The Morgan fingerprint density at radius 1 is 1.14 bits per heavy atom. The summed E-state index contributed by atoms with van der Waals surface area (Å²) in [4.78, 5) is 4.94. The third kappa shape index (κ3) is 8.24. The van der Waals surface area contributed by atoms with Gasteiger partial charge in [0.05, 0.1) is 11.4 Å². The molecule has 0 saturated heterocycles. The van der Waals surface area contributed by atoms with Crippen LogP contribution in [0.2, 0.25) is 0 Å². The lowest BCUT2D eigenvalue weighted by Gasteiger charge is -2.25. The van der Waals surface area contributed by atoms with Gasteiger partial charge in [-0.1, -0.05) is 37.5 Å². The van der Waals surface area contributed by atoms with Crippen LogP contribution < -0.4 is 15.4 Å². The van der Waals surface area contributed by atoms with Crippen molar-refractivity contribution in [2.75, 3.05) is 6.54 Å². The minimum absolute atomic E-state index is 0. The maximum atomic E-state index is 12.8. The molecule has 2 rings (SSSR count). The van der Waals surface area contributed by atoms with Crippen LogP contribution in [0, 0.1) is 0 Å². The van der Waals surface area contributed by atoms with Crippen molar-refractivity contribution in [2.45, 2.75) is 82.8 Å². The van der Waals surface area contributed by atoms with Gasteiger partial charge in [-0.15, -0.1) is 24.0 Å². The summed E-state index contributed by atoms with van der Waals surface area (Å²) in [5.41, 5.74) is 0.155. The average molecular weight is 522 g/mol. The minimum atomic E-state index is -3.60. The normalized spacial score (nSPS) is 16.4. The van der Waals surface area contributed by atoms with Crippen LogP contribution >= 0.6 is 24.0 Å². The summed E-state index contributed by atoms with van der Waals surface area (Å²) < 4.78 is 28.3. The maximum Gasteiger partial charge on any atom is 0.241 e. The minimum Gasteiger partial charge on any atom is -0.357 e. The molecule has 0 bridgehead atoms. The zero-order chi connectivity index (χ0) is 19.9. The first-order chi connectivity index (χ1) is 12.7. The molecule has 0 heterocycles. The Morgan fingerprint density at radius 2 is 1.79 bits per heavy atom. The highest BCUT2D eigenvalue weighted by atomic mass is 127. The Hall–Kier alpha value is -0.870. The van der Waals surface area contributed by atoms with Gasteiger partial charge < -0.3 is 10.6 Å². The fraction of sp³-hybridized carbons (Fsp3) is 0.650. The van der Waals surface area contributed by atoms with Crippen LogP contribution in [0.3, 0.4) is 0 Å². The Labute approximate surface area is 187 Å². The van der Waals surface area contributed by atoms with Gasteiger partial charge in [0.15, 0.2) is 5.96 Å². The number of guanidine groups is 1. The number of nitrogens with one attached hydrogen (secondary N) is 3. The molecule has 1 aromatic rings. The first-order valence-electron chi connectivity index (χ1n) is 9.88. The van der Waals surface area contributed by atoms with Crippen LogP contribution in [-0.2, 0) is 16.6 Å². The molecule has 28 heavy (non-hydrogen) atoms. The fourth-order valence-corrected chi connectivity index (χ4v) is 4.93. The molecule has 1 aliphatic rings. The zero-order valence-electron chi connectivity index (χ0n) is 17.4. The van der Waals surface area contributed by atoms with E-state index in [9.17, 15) is 8.42 Å². The molecule has 1 aliphatic carbocycles. The number of aliphatic imine (C=N–C) groups is 1. The predicted octanol–water partition coefficient (Wildman–Crippen LogP) is 3.77. The van der Waals surface area contributed by atoms with Crippen LogP contribution in [0.1, 0.15) is 65.4 Å². The monoisotopic (exact) mass is 522 g/mol. The van der Waals surface area contributed by atoms with Crippen LogP contribution in [0.4, 0.5) is 0 Å². The summed E-state index contributed by atoms with van der Waals surface area (Å²) >= 11 is 0. The standard InChI is InChI=1S/C20H34N4O2S.HI/c1-5-21-19(23-17-12-7-6-8-13-17)22-15-16-11-9-10-14-18(16)27(25,26)24-20(2,3)4;/h9-11,14,17,24H,5-8,12-13,15H2,1-4H3,(H2,21,22,23);1H. The van der Waals surface area contributed by atoms with Crippen molar-refractivity contribution in [3.63, 3.8) is 0 Å². The molecule has 0 aromatic heterocycles. The summed E-state index contributed by atoms with van der Waals surface area (Å²) in [6, 6.07) is 7.50. The summed E-state index contributed by atoms with van der Waals surface area (Å²) in [7, 11) is -3.60. The Balaban J connectivity index is 0.00000392. The van der Waals surface area contributed by atoms with E-state index in [0.717, 1.165) is 25.3 Å². The first-order valence-corrected chi connectivity index (χ1v) is 11.4. The summed E-state index contributed by atoms with van der Waals surface area (Å²) in [5.74, 6) is 0.750. The van der Waals surface area contributed by atoms with E-state index in [2.05, 4.69) is 20.3 Å². The molecular weight excluding hydrogens is 487 g/mol. The molecule has 1 saturated carbocycles. The lowest BCUT2D eigenvalue weighted by atomic mass is 9.96. The number of hydrogen-bond acceptors (Lipinski definition) is 3. The Kier molecular flexibility index (Phi) is 10.2. The number of hydrogen-bond donors (Lipinski definition) is 3. The van der Waals surface area contributed by atoms with Crippen molar-refractivity contribution in [3.8, 4) is 0 Å². The van der Waals surface area contributed by atoms with Crippen molar-refractivity contribution in [1.29, 1.82) is 0 Å². The quantitative estimate of drug-likeness (QED) is 0.302. The van der Waals surface area contributed by atoms with Crippen molar-refractivity contribution >= 4 is 40.0 Å². The van der Waals surface area contributed by atoms with Gasteiger partial charge in [-0.3, -0.25) is 0 Å². The highest BCUT2D eigenvalue weighted by Gasteiger charge is 2.24. The van der Waals surface area contributed by atoms with Crippen molar-refractivity contribution in [3.05, 3.63) is 29.8 Å². The molecule has 1 aromatic carbocycles. The third-order valence-electron chi connectivity index (χ3n) is 4.40. The lowest BCUT2D eigenvalue weighted by molar-refractivity contribution is 0.410. The lowest BCUT2D eigenvalue weighted by Crippen LogP contribution is -2.44. The molecular formula is C20H35IN4O2S. The van der Waals surface area contributed by atoms with Crippen LogP contribution in [0.5, 0.6) is 0 Å². The van der Waals surface area contributed by atoms with E-state index in [1.807, 2.05) is 39.8 Å². The van der Waals surface area contributed by atoms with E-state index in [1.165, 1.54) is 19.3 Å². The summed E-state index contributed by atoms with van der Waals surface area (Å²) in [6.45, 7) is 8.62. The van der Waals surface area contributed by atoms with E-state index >= 15 is 0 Å². The highest BCUT2D eigenvalue weighted by molar-refractivity contribution is 14.0. The van der Waals surface area contributed by atoms with E-state index in [4.69, 9.17) is 0 Å². The molecule has 0 radical (unpaired) electrons. The highest BCUT2D eigenvalue weighted by Crippen LogP contribution is 2.19. The van der Waals surface area contributed by atoms with Crippen molar-refractivity contribution in [2.24, 2.45) is 4.99 Å². The molecule has 6 nitrogen and oxygen atoms in total. The Morgan fingerprint density at radius 3 is 2.39 bits per heavy atom. The van der Waals surface area contributed by atoms with Gasteiger partial charge in [-0.25, -0.2) is 18.1 Å². The second-order valence-electron chi connectivity index (χ2n) is 8.14. The molecule has 0 amide bonds. The Bertz CT molecular complexity index is 739. The topological polar surface area (TPSA) is 82.6 Å². The van der Waals surface area contributed by atoms with E-state index in [0.29, 0.717) is 18.2 Å². The molecule has 0 unspecified atom stereocenters. The molecule has 0 atom stereocenters. The number of halogens is 1. The molecule has 0 spiro atoms. The zero-order valence-corrected chi connectivity index (χ0v) is 20.6. The maximum absolute atomic E-state index is 12.8. The molecule has 0 aliphatic heterocycles. The number of rotatable bonds is 6. The molecule has 160 valence electrons. The van der Waals surface area contributed by atoms with Gasteiger partial charge >= 0.3 is 0 Å². The van der Waals surface area contributed by atoms with Gasteiger partial charge in [0.2, 0.25) is 10.0 Å². The average Bonchev–Trinajstić information content (AvgIpc) is 2.59. The fourth-order valence-electron chi connectivity index (χ4n) is 3.28. The van der Waals surface area contributed by atoms with Crippen molar-refractivity contribution < 1.29 is 8.42 Å².